The zero-order valence-corrected chi connectivity index (χ0v) is 25.0. The van der Waals surface area contributed by atoms with Crippen molar-refractivity contribution in [3.63, 3.8) is 0 Å². The molecular formula is C29H33F2IN6O2. The maximum atomic E-state index is 13.8. The van der Waals surface area contributed by atoms with Crippen LogP contribution in [0, 0.1) is 5.92 Å². The summed E-state index contributed by atoms with van der Waals surface area (Å²) in [5, 5.41) is 4.25. The van der Waals surface area contributed by atoms with Crippen molar-refractivity contribution < 1.29 is 18.3 Å². The van der Waals surface area contributed by atoms with Crippen molar-refractivity contribution in [2.24, 2.45) is 13.0 Å². The Morgan fingerprint density at radius 2 is 1.73 bits per heavy atom. The highest BCUT2D eigenvalue weighted by atomic mass is 127. The fourth-order valence-corrected chi connectivity index (χ4v) is 5.78. The summed E-state index contributed by atoms with van der Waals surface area (Å²) in [5.74, 6) is 0.849. The van der Waals surface area contributed by atoms with Gasteiger partial charge in [-0.05, 0) is 79.7 Å². The molecule has 0 aliphatic carbocycles. The second-order valence-corrected chi connectivity index (χ2v) is 11.5. The number of aryl methyl sites for hydroxylation is 1. The lowest BCUT2D eigenvalue weighted by molar-refractivity contribution is 0.0196. The Balaban J connectivity index is 1.41. The Morgan fingerprint density at radius 1 is 1.00 bits per heavy atom. The predicted octanol–water partition coefficient (Wildman–Crippen LogP) is 6.32. The van der Waals surface area contributed by atoms with Gasteiger partial charge in [-0.15, -0.1) is 0 Å². The molecule has 0 spiro atoms. The normalized spacial score (nSPS) is 14.9. The average Bonchev–Trinajstić information content (AvgIpc) is 3.40. The number of fused-ring (bicyclic) bond motifs is 1. The van der Waals surface area contributed by atoms with Crippen LogP contribution in [0.3, 0.4) is 0 Å². The van der Waals surface area contributed by atoms with Crippen LogP contribution in [-0.4, -0.2) is 69.0 Å². The number of hydrogen-bond acceptors (Lipinski definition) is 7. The molecule has 5 rings (SSSR count). The fourth-order valence-electron chi connectivity index (χ4n) is 5.15. The molecule has 1 aliphatic heterocycles. The van der Waals surface area contributed by atoms with E-state index in [9.17, 15) is 8.78 Å². The number of methoxy groups -OCH3 is 2. The second-order valence-electron chi connectivity index (χ2n) is 10.1. The summed E-state index contributed by atoms with van der Waals surface area (Å²) in [6.45, 7) is 2.92. The smallest absolute Gasteiger partial charge is 0.299 e. The lowest BCUT2D eigenvalue weighted by Crippen LogP contribution is -2.39. The van der Waals surface area contributed by atoms with Gasteiger partial charge in [0, 0.05) is 60.8 Å². The van der Waals surface area contributed by atoms with E-state index in [1.54, 1.807) is 31.3 Å². The summed E-state index contributed by atoms with van der Waals surface area (Å²) < 4.78 is 37.7. The van der Waals surface area contributed by atoms with Gasteiger partial charge in [0.1, 0.15) is 11.5 Å². The summed E-state index contributed by atoms with van der Waals surface area (Å²) in [7, 11) is 5.14. The first-order chi connectivity index (χ1) is 19.2. The molecule has 0 atom stereocenters. The number of likely N-dealkylation sites (tertiary alicyclic amines) is 1. The van der Waals surface area contributed by atoms with Crippen molar-refractivity contribution in [1.29, 1.82) is 0 Å². The van der Waals surface area contributed by atoms with Gasteiger partial charge in [-0.3, -0.25) is 9.67 Å². The minimum atomic E-state index is -2.64. The number of piperidine rings is 1. The Hall–Kier alpha value is -3.06. The van der Waals surface area contributed by atoms with Gasteiger partial charge >= 0.3 is 0 Å². The number of anilines is 2. The molecule has 2 aromatic carbocycles. The van der Waals surface area contributed by atoms with Gasteiger partial charge in [-0.2, -0.15) is 13.9 Å². The van der Waals surface area contributed by atoms with Crippen LogP contribution in [-0.2, 0) is 7.05 Å². The van der Waals surface area contributed by atoms with Gasteiger partial charge in [0.15, 0.2) is 0 Å². The van der Waals surface area contributed by atoms with E-state index >= 15 is 0 Å². The van der Waals surface area contributed by atoms with Gasteiger partial charge < -0.3 is 19.3 Å². The molecule has 0 N–H and O–H groups in total. The van der Waals surface area contributed by atoms with Gasteiger partial charge in [0.2, 0.25) is 0 Å². The van der Waals surface area contributed by atoms with Crippen molar-refractivity contribution in [3.05, 3.63) is 55.0 Å². The van der Waals surface area contributed by atoms with Crippen LogP contribution in [0.1, 0.15) is 19.3 Å². The van der Waals surface area contributed by atoms with Gasteiger partial charge in [-0.1, -0.05) is 0 Å². The summed E-state index contributed by atoms with van der Waals surface area (Å²) in [5.41, 5.74) is 5.13. The number of halogens is 3. The molecular weight excluding hydrogens is 629 g/mol. The number of benzene rings is 2. The fraction of sp³-hybridized carbons (Fsp3) is 0.414. The highest BCUT2D eigenvalue weighted by Crippen LogP contribution is 2.38. The third-order valence-corrected chi connectivity index (χ3v) is 8.27. The number of hydrogen-bond donors (Lipinski definition) is 0. The SMILES string of the molecule is COc1cc(OC)cc(N(CCCN2CCC(C(F)(F)I)CC2)c2ccc3ncc(-c4cnn(C)c4)nc3c2)c1. The van der Waals surface area contributed by atoms with Gasteiger partial charge in [0.05, 0.1) is 43.3 Å². The van der Waals surface area contributed by atoms with Crippen LogP contribution in [0.4, 0.5) is 20.2 Å². The lowest BCUT2D eigenvalue weighted by Gasteiger charge is -2.34. The van der Waals surface area contributed by atoms with E-state index in [2.05, 4.69) is 19.9 Å². The summed E-state index contributed by atoms with van der Waals surface area (Å²) in [6.07, 6.45) is 7.35. The number of ether oxygens (including phenoxy) is 2. The molecule has 1 saturated heterocycles. The van der Waals surface area contributed by atoms with E-state index in [1.165, 1.54) is 22.6 Å². The molecule has 1 fully saturated rings. The molecule has 0 amide bonds. The molecule has 1 aliphatic rings. The number of alkyl halides is 3. The van der Waals surface area contributed by atoms with Gasteiger partial charge in [0.25, 0.3) is 3.93 Å². The molecule has 11 heteroatoms. The third-order valence-electron chi connectivity index (χ3n) is 7.39. The Kier molecular flexibility index (Phi) is 8.69. The summed E-state index contributed by atoms with van der Waals surface area (Å²) in [6, 6.07) is 11.9. The standard InChI is InChI=1S/C29H33F2IN6O2/c1-36-19-20(17-34-36)28-18-33-26-6-5-22(15-27(26)35-28)38(23-13-24(39-2)16-25(14-23)40-3)10-4-9-37-11-7-21(8-12-37)29(30,31)32/h5-6,13-19,21H,4,7-12H2,1-3H3. The van der Waals surface area contributed by atoms with Gasteiger partial charge in [-0.25, -0.2) is 4.98 Å². The Morgan fingerprint density at radius 3 is 2.35 bits per heavy atom. The van der Waals surface area contributed by atoms with E-state index in [0.29, 0.717) is 44.0 Å². The molecule has 212 valence electrons. The van der Waals surface area contributed by atoms with Crippen molar-refractivity contribution in [2.45, 2.75) is 23.2 Å². The van der Waals surface area contributed by atoms with Crippen LogP contribution >= 0.6 is 22.6 Å². The zero-order valence-electron chi connectivity index (χ0n) is 22.9. The summed E-state index contributed by atoms with van der Waals surface area (Å²) >= 11 is 1.28. The van der Waals surface area contributed by atoms with E-state index in [1.807, 2.05) is 49.6 Å². The van der Waals surface area contributed by atoms with Crippen LogP contribution in [0.15, 0.2) is 55.0 Å². The zero-order chi connectivity index (χ0) is 28.3. The van der Waals surface area contributed by atoms with Crippen LogP contribution in [0.25, 0.3) is 22.3 Å². The summed E-state index contributed by atoms with van der Waals surface area (Å²) in [4.78, 5) is 14.0. The lowest BCUT2D eigenvalue weighted by atomic mass is 9.97. The first-order valence-electron chi connectivity index (χ1n) is 13.3. The molecule has 0 bridgehead atoms. The topological polar surface area (TPSA) is 68.5 Å². The minimum Gasteiger partial charge on any atom is -0.497 e. The second kappa shape index (κ2) is 12.2. The number of nitrogens with zero attached hydrogens (tertiary/aromatic N) is 6. The minimum absolute atomic E-state index is 0.523. The molecule has 3 heterocycles. The van der Waals surface area contributed by atoms with E-state index in [-0.39, 0.29) is 0 Å². The highest BCUT2D eigenvalue weighted by Gasteiger charge is 2.38. The monoisotopic (exact) mass is 662 g/mol. The first kappa shape index (κ1) is 28.5. The van der Waals surface area contributed by atoms with E-state index < -0.39 is 9.85 Å². The molecule has 40 heavy (non-hydrogen) atoms. The Labute approximate surface area is 246 Å². The molecule has 8 nitrogen and oxygen atoms in total. The molecule has 0 saturated carbocycles. The van der Waals surface area contributed by atoms with Crippen LogP contribution in [0.2, 0.25) is 0 Å². The van der Waals surface area contributed by atoms with Crippen LogP contribution < -0.4 is 14.4 Å². The largest absolute Gasteiger partial charge is 0.497 e. The third kappa shape index (κ3) is 6.63. The number of aromatic nitrogens is 4. The predicted molar refractivity (Wildman–Crippen MR) is 161 cm³/mol. The maximum absolute atomic E-state index is 13.8. The average molecular weight is 663 g/mol. The van der Waals surface area contributed by atoms with E-state index in [4.69, 9.17) is 14.5 Å². The van der Waals surface area contributed by atoms with Crippen molar-refractivity contribution >= 4 is 45.0 Å². The first-order valence-corrected chi connectivity index (χ1v) is 14.4. The number of rotatable bonds is 10. The highest BCUT2D eigenvalue weighted by molar-refractivity contribution is 14.1. The van der Waals surface area contributed by atoms with Crippen LogP contribution in [0.5, 0.6) is 11.5 Å². The molecule has 2 aromatic heterocycles. The van der Waals surface area contributed by atoms with Crippen molar-refractivity contribution in [3.8, 4) is 22.8 Å². The van der Waals surface area contributed by atoms with E-state index in [0.717, 1.165) is 46.6 Å². The van der Waals surface area contributed by atoms with Crippen molar-refractivity contribution in [2.75, 3.05) is 45.3 Å². The Bertz CT molecular complexity index is 1430. The maximum Gasteiger partial charge on any atom is 0.299 e. The molecule has 0 unspecified atom stereocenters. The quantitative estimate of drug-likeness (QED) is 0.146. The molecule has 0 radical (unpaired) electrons. The van der Waals surface area contributed by atoms with Crippen molar-refractivity contribution in [1.82, 2.24) is 24.6 Å². The molecule has 4 aromatic rings.